The van der Waals surface area contributed by atoms with Crippen LogP contribution in [0.3, 0.4) is 0 Å². The molecule has 0 aromatic heterocycles. The Bertz CT molecular complexity index is 1720. The zero-order valence-electron chi connectivity index (χ0n) is 57.6. The minimum Gasteiger partial charge on any atom is -0.462 e. The third kappa shape index (κ3) is 64.6. The standard InChI is InChI=1S/C70H136O17P2/c1-6-9-12-15-17-19-20-21-22-23-24-25-26-27-28-29-30-33-37-41-46-51-56-70(75)87-66(60-81-68(73)54-49-44-40-36-34-31-32-35-38-43-47-52-63(4)5)62-85-89(78,79)83-58-64(71)57-82-88(76,77)84-61-65(59-80-67(72)53-48-42-14-11-8-3)86-69(74)55-50-45-39-18-16-13-10-7-2/h63-66,71H,6-62H2,1-5H3,(H,76,77)(H,78,79)/t64-,65+,66+/m0/s1. The van der Waals surface area contributed by atoms with E-state index in [1.165, 1.54) is 173 Å². The van der Waals surface area contributed by atoms with Gasteiger partial charge in [0.15, 0.2) is 12.2 Å². The molecule has 89 heavy (non-hydrogen) atoms. The number of aliphatic hydroxyl groups excluding tert-OH is 1. The maximum absolute atomic E-state index is 13.0. The molecule has 0 aromatic rings. The van der Waals surface area contributed by atoms with Crippen molar-refractivity contribution < 1.29 is 80.2 Å². The molecule has 0 saturated heterocycles. The summed E-state index contributed by atoms with van der Waals surface area (Å²) in [6.45, 7) is 7.12. The lowest BCUT2D eigenvalue weighted by Crippen LogP contribution is -2.30. The highest BCUT2D eigenvalue weighted by Crippen LogP contribution is 2.45. The Balaban J connectivity index is 5.07. The number of carbonyl (C=O) groups is 4. The smallest absolute Gasteiger partial charge is 0.462 e. The Labute approximate surface area is 543 Å². The summed E-state index contributed by atoms with van der Waals surface area (Å²) in [7, 11) is -9.88. The van der Waals surface area contributed by atoms with Crippen molar-refractivity contribution in [1.29, 1.82) is 0 Å². The summed E-state index contributed by atoms with van der Waals surface area (Å²) in [6.07, 6.45) is 50.7. The molecule has 0 spiro atoms. The van der Waals surface area contributed by atoms with Crippen molar-refractivity contribution >= 4 is 39.5 Å². The van der Waals surface area contributed by atoms with E-state index >= 15 is 0 Å². The van der Waals surface area contributed by atoms with Gasteiger partial charge in [-0.15, -0.1) is 0 Å². The summed E-state index contributed by atoms with van der Waals surface area (Å²) in [5.74, 6) is -1.37. The number of phosphoric ester groups is 2. The van der Waals surface area contributed by atoms with Gasteiger partial charge in [-0.1, -0.05) is 311 Å². The molecule has 0 radical (unpaired) electrons. The second-order valence-corrected chi connectivity index (χ2v) is 28.7. The normalized spacial score (nSPS) is 14.1. The quantitative estimate of drug-likeness (QED) is 0.0222. The van der Waals surface area contributed by atoms with Crippen LogP contribution in [0.15, 0.2) is 0 Å². The summed E-state index contributed by atoms with van der Waals surface area (Å²) in [4.78, 5) is 72.1. The SMILES string of the molecule is CCCCCCCCCCCCCCCCCCCCCCCCC(=O)O[C@H](COC(=O)CCCCCCCCCCCCCC(C)C)COP(=O)(O)OC[C@@H](O)COP(=O)(O)OC[C@@H](COC(=O)CCCCCCC)OC(=O)CCCCCCCCCC. The van der Waals surface area contributed by atoms with Crippen molar-refractivity contribution in [2.24, 2.45) is 5.92 Å². The van der Waals surface area contributed by atoms with Crippen LogP contribution in [0.25, 0.3) is 0 Å². The fraction of sp³-hybridized carbons (Fsp3) is 0.943. The molecule has 0 saturated carbocycles. The van der Waals surface area contributed by atoms with E-state index in [9.17, 15) is 43.2 Å². The lowest BCUT2D eigenvalue weighted by Gasteiger charge is -2.21. The van der Waals surface area contributed by atoms with Crippen molar-refractivity contribution in [2.75, 3.05) is 39.6 Å². The predicted octanol–water partition coefficient (Wildman–Crippen LogP) is 20.1. The predicted molar refractivity (Wildman–Crippen MR) is 358 cm³/mol. The van der Waals surface area contributed by atoms with Crippen LogP contribution in [-0.4, -0.2) is 96.7 Å². The van der Waals surface area contributed by atoms with Crippen LogP contribution in [0.1, 0.15) is 362 Å². The van der Waals surface area contributed by atoms with Crippen molar-refractivity contribution in [2.45, 2.75) is 380 Å². The van der Waals surface area contributed by atoms with E-state index in [2.05, 4.69) is 34.6 Å². The molecule has 3 N–H and O–H groups in total. The van der Waals surface area contributed by atoms with Crippen molar-refractivity contribution in [1.82, 2.24) is 0 Å². The first-order valence-electron chi connectivity index (χ1n) is 36.6. The number of rotatable bonds is 70. The topological polar surface area (TPSA) is 237 Å². The maximum Gasteiger partial charge on any atom is 0.472 e. The molecule has 0 aromatic carbocycles. The third-order valence-electron chi connectivity index (χ3n) is 16.3. The Kier molecular flexibility index (Phi) is 62.1. The minimum absolute atomic E-state index is 0.104. The van der Waals surface area contributed by atoms with Gasteiger partial charge in [0.2, 0.25) is 0 Å². The lowest BCUT2D eigenvalue weighted by atomic mass is 10.0. The van der Waals surface area contributed by atoms with Gasteiger partial charge >= 0.3 is 39.5 Å². The lowest BCUT2D eigenvalue weighted by molar-refractivity contribution is -0.161. The average molecular weight is 1310 g/mol. The van der Waals surface area contributed by atoms with E-state index in [0.29, 0.717) is 25.7 Å². The third-order valence-corrected chi connectivity index (χ3v) is 18.2. The van der Waals surface area contributed by atoms with Gasteiger partial charge in [0.1, 0.15) is 19.3 Å². The van der Waals surface area contributed by atoms with Gasteiger partial charge in [0.05, 0.1) is 26.4 Å². The second kappa shape index (κ2) is 63.5. The maximum atomic E-state index is 13.0. The Morgan fingerprint density at radius 2 is 0.517 bits per heavy atom. The van der Waals surface area contributed by atoms with Crippen LogP contribution in [0.4, 0.5) is 0 Å². The molecule has 0 amide bonds. The minimum atomic E-state index is -4.95. The molecule has 17 nitrogen and oxygen atoms in total. The van der Waals surface area contributed by atoms with Gasteiger partial charge in [-0.05, 0) is 31.6 Å². The van der Waals surface area contributed by atoms with Gasteiger partial charge in [-0.25, -0.2) is 9.13 Å². The largest absolute Gasteiger partial charge is 0.472 e. The van der Waals surface area contributed by atoms with Gasteiger partial charge in [-0.2, -0.15) is 0 Å². The molecule has 0 aliphatic carbocycles. The Morgan fingerprint density at radius 3 is 0.764 bits per heavy atom. The highest BCUT2D eigenvalue weighted by Gasteiger charge is 2.30. The van der Waals surface area contributed by atoms with E-state index in [4.69, 9.17) is 37.0 Å². The first-order chi connectivity index (χ1) is 43.0. The van der Waals surface area contributed by atoms with Crippen LogP contribution in [0.5, 0.6) is 0 Å². The van der Waals surface area contributed by atoms with Crippen LogP contribution in [0, 0.1) is 5.92 Å². The number of esters is 4. The summed E-state index contributed by atoms with van der Waals surface area (Å²) in [5, 5.41) is 10.5. The Morgan fingerprint density at radius 1 is 0.303 bits per heavy atom. The molecule has 2 unspecified atom stereocenters. The zero-order valence-corrected chi connectivity index (χ0v) is 59.4. The van der Waals surface area contributed by atoms with Crippen molar-refractivity contribution in [3.8, 4) is 0 Å². The number of unbranched alkanes of at least 4 members (excludes halogenated alkanes) is 42. The highest BCUT2D eigenvalue weighted by atomic mass is 31.2. The summed E-state index contributed by atoms with van der Waals surface area (Å²) in [6, 6.07) is 0. The van der Waals surface area contributed by atoms with Crippen LogP contribution in [-0.2, 0) is 65.4 Å². The van der Waals surface area contributed by atoms with Crippen LogP contribution < -0.4 is 0 Å². The Hall–Kier alpha value is -1.94. The van der Waals surface area contributed by atoms with E-state index < -0.39 is 97.5 Å². The molecular weight excluding hydrogens is 1170 g/mol. The van der Waals surface area contributed by atoms with Crippen LogP contribution >= 0.6 is 15.6 Å². The number of phosphoric acid groups is 2. The second-order valence-electron chi connectivity index (χ2n) is 25.7. The summed E-state index contributed by atoms with van der Waals surface area (Å²) < 4.78 is 67.9. The molecule has 0 heterocycles. The van der Waals surface area contributed by atoms with E-state index in [0.717, 1.165) is 109 Å². The zero-order chi connectivity index (χ0) is 65.6. The molecule has 0 fully saturated rings. The first-order valence-corrected chi connectivity index (χ1v) is 39.6. The van der Waals surface area contributed by atoms with E-state index in [1.807, 2.05) is 0 Å². The van der Waals surface area contributed by atoms with Crippen LogP contribution in [0.2, 0.25) is 0 Å². The first kappa shape index (κ1) is 87.1. The highest BCUT2D eigenvalue weighted by molar-refractivity contribution is 7.47. The molecule has 19 heteroatoms. The number of hydrogen-bond acceptors (Lipinski definition) is 15. The fourth-order valence-electron chi connectivity index (χ4n) is 10.6. The van der Waals surface area contributed by atoms with Crippen molar-refractivity contribution in [3.05, 3.63) is 0 Å². The number of ether oxygens (including phenoxy) is 4. The van der Waals surface area contributed by atoms with Gasteiger partial charge in [0, 0.05) is 25.7 Å². The van der Waals surface area contributed by atoms with Gasteiger partial charge < -0.3 is 33.8 Å². The molecule has 0 rings (SSSR count). The number of aliphatic hydroxyl groups is 1. The molecule has 0 bridgehead atoms. The summed E-state index contributed by atoms with van der Waals surface area (Å²) >= 11 is 0. The fourth-order valence-corrected chi connectivity index (χ4v) is 12.2. The molecule has 0 aliphatic heterocycles. The average Bonchev–Trinajstić information content (AvgIpc) is 3.64. The monoisotopic (exact) mass is 1310 g/mol. The number of carbonyl (C=O) groups excluding carboxylic acids is 4. The molecule has 528 valence electrons. The van der Waals surface area contributed by atoms with E-state index in [-0.39, 0.29) is 25.7 Å². The molecular formula is C70H136O17P2. The van der Waals surface area contributed by atoms with Gasteiger partial charge in [0.25, 0.3) is 0 Å². The van der Waals surface area contributed by atoms with Crippen molar-refractivity contribution in [3.63, 3.8) is 0 Å². The number of hydrogen-bond donors (Lipinski definition) is 3. The molecule has 5 atom stereocenters. The molecule has 0 aliphatic rings. The van der Waals surface area contributed by atoms with Gasteiger partial charge in [-0.3, -0.25) is 37.3 Å². The van der Waals surface area contributed by atoms with E-state index in [1.54, 1.807) is 0 Å². The summed E-state index contributed by atoms with van der Waals surface area (Å²) in [5.41, 5.74) is 0.